The molecule has 0 saturated heterocycles. The summed E-state index contributed by atoms with van der Waals surface area (Å²) in [6, 6.07) is 10.3. The van der Waals surface area contributed by atoms with E-state index in [1.54, 1.807) is 0 Å². The van der Waals surface area contributed by atoms with Crippen LogP contribution in [0.3, 0.4) is 0 Å². The lowest BCUT2D eigenvalue weighted by Gasteiger charge is -2.16. The molecule has 0 fully saturated rings. The van der Waals surface area contributed by atoms with Gasteiger partial charge in [0.15, 0.2) is 5.96 Å². The van der Waals surface area contributed by atoms with Crippen LogP contribution < -0.4 is 16.2 Å². The van der Waals surface area contributed by atoms with Gasteiger partial charge in [-0.15, -0.1) is 13.2 Å². The molecule has 1 atom stereocenters. The molecule has 1 unspecified atom stereocenters. The lowest BCUT2D eigenvalue weighted by molar-refractivity contribution is -0.274. The maximum Gasteiger partial charge on any atom is 0.573 e. The van der Waals surface area contributed by atoms with E-state index in [4.69, 9.17) is 11.5 Å². The molecule has 0 aliphatic rings. The predicted molar refractivity (Wildman–Crippen MR) is 86.8 cm³/mol. The molecule has 0 radical (unpaired) electrons. The van der Waals surface area contributed by atoms with Gasteiger partial charge >= 0.3 is 6.36 Å². The van der Waals surface area contributed by atoms with Crippen LogP contribution in [0.2, 0.25) is 0 Å². The SMILES string of the molecule is NC(N)=NC(=O)C(Cc1ccc(F)cc1)c1cccc(OC(F)(F)F)c1. The number of amides is 1. The van der Waals surface area contributed by atoms with Gasteiger partial charge in [0, 0.05) is 0 Å². The summed E-state index contributed by atoms with van der Waals surface area (Å²) in [6.45, 7) is 0. The monoisotopic (exact) mass is 369 g/mol. The van der Waals surface area contributed by atoms with Crippen molar-refractivity contribution in [3.63, 3.8) is 0 Å². The number of rotatable bonds is 5. The van der Waals surface area contributed by atoms with Gasteiger partial charge in [-0.3, -0.25) is 4.79 Å². The highest BCUT2D eigenvalue weighted by Crippen LogP contribution is 2.29. The number of aliphatic imine (C=N–C) groups is 1. The molecule has 2 aromatic carbocycles. The minimum absolute atomic E-state index is 0.0609. The van der Waals surface area contributed by atoms with E-state index in [1.165, 1.54) is 36.4 Å². The van der Waals surface area contributed by atoms with Crippen LogP contribution in [0, 0.1) is 5.82 Å². The van der Waals surface area contributed by atoms with Gasteiger partial charge < -0.3 is 16.2 Å². The molecule has 0 bridgehead atoms. The summed E-state index contributed by atoms with van der Waals surface area (Å²) in [5, 5.41) is 0. The first kappa shape index (κ1) is 19.2. The third-order valence-corrected chi connectivity index (χ3v) is 3.38. The summed E-state index contributed by atoms with van der Waals surface area (Å²) in [7, 11) is 0. The Hall–Kier alpha value is -3.10. The average Bonchev–Trinajstić information content (AvgIpc) is 2.52. The number of halogens is 4. The van der Waals surface area contributed by atoms with Gasteiger partial charge in [0.1, 0.15) is 11.6 Å². The highest BCUT2D eigenvalue weighted by atomic mass is 19.4. The van der Waals surface area contributed by atoms with Crippen LogP contribution in [-0.4, -0.2) is 18.2 Å². The van der Waals surface area contributed by atoms with Crippen molar-refractivity contribution in [2.24, 2.45) is 16.5 Å². The first-order valence-electron chi connectivity index (χ1n) is 7.37. The Labute approximate surface area is 146 Å². The van der Waals surface area contributed by atoms with Gasteiger partial charge in [-0.1, -0.05) is 24.3 Å². The Bertz CT molecular complexity index is 800. The van der Waals surface area contributed by atoms with Gasteiger partial charge in [-0.05, 0) is 41.8 Å². The van der Waals surface area contributed by atoms with E-state index in [9.17, 15) is 22.4 Å². The maximum atomic E-state index is 13.0. The minimum Gasteiger partial charge on any atom is -0.406 e. The normalized spacial score (nSPS) is 12.3. The molecule has 4 N–H and O–H groups in total. The Balaban J connectivity index is 2.37. The van der Waals surface area contributed by atoms with Crippen LogP contribution >= 0.6 is 0 Å². The number of ether oxygens (including phenoxy) is 1. The number of guanidine groups is 1. The maximum absolute atomic E-state index is 13.0. The van der Waals surface area contributed by atoms with Crippen molar-refractivity contribution in [3.8, 4) is 5.75 Å². The number of hydrogen-bond acceptors (Lipinski definition) is 2. The molecular formula is C17H15F4N3O2. The zero-order chi connectivity index (χ0) is 19.3. The number of carbonyl (C=O) groups excluding carboxylic acids is 1. The molecule has 26 heavy (non-hydrogen) atoms. The second kappa shape index (κ2) is 7.85. The van der Waals surface area contributed by atoms with E-state index in [-0.39, 0.29) is 12.0 Å². The smallest absolute Gasteiger partial charge is 0.406 e. The number of alkyl halides is 3. The summed E-state index contributed by atoms with van der Waals surface area (Å²) >= 11 is 0. The quantitative estimate of drug-likeness (QED) is 0.482. The molecule has 5 nitrogen and oxygen atoms in total. The van der Waals surface area contributed by atoms with E-state index in [0.717, 1.165) is 12.1 Å². The van der Waals surface area contributed by atoms with E-state index in [2.05, 4.69) is 9.73 Å². The molecule has 0 aliphatic heterocycles. The molecule has 0 spiro atoms. The summed E-state index contributed by atoms with van der Waals surface area (Å²) in [6.07, 6.45) is -4.81. The number of nitrogens with zero attached hydrogens (tertiary/aromatic N) is 1. The summed E-state index contributed by atoms with van der Waals surface area (Å²) in [5.74, 6) is -3.11. The second-order valence-electron chi connectivity index (χ2n) is 5.38. The third kappa shape index (κ3) is 5.76. The van der Waals surface area contributed by atoms with Crippen LogP contribution in [0.15, 0.2) is 53.5 Å². The average molecular weight is 369 g/mol. The van der Waals surface area contributed by atoms with Crippen molar-refractivity contribution < 1.29 is 27.1 Å². The highest BCUT2D eigenvalue weighted by molar-refractivity contribution is 5.95. The van der Waals surface area contributed by atoms with Crippen molar-refractivity contribution in [1.82, 2.24) is 0 Å². The number of nitrogens with two attached hydrogens (primary N) is 2. The molecule has 0 aliphatic carbocycles. The van der Waals surface area contributed by atoms with Gasteiger partial charge in [0.05, 0.1) is 5.92 Å². The summed E-state index contributed by atoms with van der Waals surface area (Å²) in [4.78, 5) is 15.8. The topological polar surface area (TPSA) is 90.7 Å². The van der Waals surface area contributed by atoms with Gasteiger partial charge in [-0.25, -0.2) is 4.39 Å². The summed E-state index contributed by atoms with van der Waals surface area (Å²) in [5.41, 5.74) is 11.2. The van der Waals surface area contributed by atoms with Crippen molar-refractivity contribution in [2.45, 2.75) is 18.7 Å². The largest absolute Gasteiger partial charge is 0.573 e. The molecular weight excluding hydrogens is 354 g/mol. The first-order chi connectivity index (χ1) is 12.1. The fourth-order valence-electron chi connectivity index (χ4n) is 2.34. The standard InChI is InChI=1S/C17H15F4N3O2/c18-12-6-4-10(5-7-12)8-14(15(25)24-16(22)23)11-2-1-3-13(9-11)26-17(19,20)21/h1-7,9,14H,8H2,(H4,22,23,24,25). The minimum atomic E-state index is -4.87. The zero-order valence-electron chi connectivity index (χ0n) is 13.3. The van der Waals surface area contributed by atoms with Crippen molar-refractivity contribution in [2.75, 3.05) is 0 Å². The van der Waals surface area contributed by atoms with Crippen LogP contribution in [0.25, 0.3) is 0 Å². The molecule has 0 heterocycles. The number of carbonyl (C=O) groups is 1. The molecule has 2 aromatic rings. The van der Waals surface area contributed by atoms with E-state index < -0.39 is 35.7 Å². The van der Waals surface area contributed by atoms with Crippen molar-refractivity contribution >= 4 is 11.9 Å². The predicted octanol–water partition coefficient (Wildman–Crippen LogP) is 2.85. The Kier molecular flexibility index (Phi) is 5.81. The third-order valence-electron chi connectivity index (χ3n) is 3.38. The van der Waals surface area contributed by atoms with Crippen LogP contribution in [0.5, 0.6) is 5.75 Å². The van der Waals surface area contributed by atoms with E-state index >= 15 is 0 Å². The van der Waals surface area contributed by atoms with E-state index in [1.807, 2.05) is 0 Å². The molecule has 2 rings (SSSR count). The zero-order valence-corrected chi connectivity index (χ0v) is 13.3. The molecule has 0 saturated carbocycles. The Morgan fingerprint density at radius 2 is 1.77 bits per heavy atom. The highest BCUT2D eigenvalue weighted by Gasteiger charge is 2.31. The lowest BCUT2D eigenvalue weighted by atomic mass is 9.91. The van der Waals surface area contributed by atoms with Gasteiger partial charge in [0.25, 0.3) is 5.91 Å². The fourth-order valence-corrected chi connectivity index (χ4v) is 2.34. The number of hydrogen-bond donors (Lipinski definition) is 2. The Morgan fingerprint density at radius 1 is 1.12 bits per heavy atom. The molecule has 1 amide bonds. The lowest BCUT2D eigenvalue weighted by Crippen LogP contribution is -2.26. The Morgan fingerprint density at radius 3 is 2.35 bits per heavy atom. The fraction of sp³-hybridized carbons (Fsp3) is 0.176. The molecule has 9 heteroatoms. The molecule has 0 aromatic heterocycles. The van der Waals surface area contributed by atoms with Crippen LogP contribution in [-0.2, 0) is 11.2 Å². The van der Waals surface area contributed by atoms with Crippen molar-refractivity contribution in [3.05, 3.63) is 65.5 Å². The van der Waals surface area contributed by atoms with Crippen molar-refractivity contribution in [1.29, 1.82) is 0 Å². The van der Waals surface area contributed by atoms with Crippen LogP contribution in [0.4, 0.5) is 17.6 Å². The second-order valence-corrected chi connectivity index (χ2v) is 5.38. The van der Waals surface area contributed by atoms with Gasteiger partial charge in [0.2, 0.25) is 0 Å². The van der Waals surface area contributed by atoms with Crippen LogP contribution in [0.1, 0.15) is 17.0 Å². The molecule has 138 valence electrons. The van der Waals surface area contributed by atoms with E-state index in [0.29, 0.717) is 5.56 Å². The summed E-state index contributed by atoms with van der Waals surface area (Å²) < 4.78 is 54.1. The number of benzene rings is 2. The van der Waals surface area contributed by atoms with Gasteiger partial charge in [-0.2, -0.15) is 4.99 Å². The first-order valence-corrected chi connectivity index (χ1v) is 7.37.